The van der Waals surface area contributed by atoms with E-state index in [4.69, 9.17) is 4.74 Å². The van der Waals surface area contributed by atoms with Gasteiger partial charge in [-0.05, 0) is 25.0 Å². The fourth-order valence-corrected chi connectivity index (χ4v) is 2.49. The van der Waals surface area contributed by atoms with E-state index in [1.54, 1.807) is 0 Å². The Morgan fingerprint density at radius 3 is 2.75 bits per heavy atom. The molecule has 0 saturated carbocycles. The van der Waals surface area contributed by atoms with Crippen LogP contribution in [0.2, 0.25) is 0 Å². The average molecular weight is 217 g/mol. The molecule has 3 heteroatoms. The zero-order chi connectivity index (χ0) is 11.0. The van der Waals surface area contributed by atoms with Gasteiger partial charge >= 0.3 is 0 Å². The number of likely N-dealkylation sites (tertiary alicyclic amines) is 1. The van der Waals surface area contributed by atoms with Gasteiger partial charge in [0, 0.05) is 13.1 Å². The van der Waals surface area contributed by atoms with Gasteiger partial charge in [-0.25, -0.2) is 0 Å². The molecule has 0 aromatic heterocycles. The Kier molecular flexibility index (Phi) is 2.40. The summed E-state index contributed by atoms with van der Waals surface area (Å²) in [7, 11) is 0. The first-order chi connectivity index (χ1) is 7.84. The number of nitrogens with zero attached hydrogens (tertiary/aromatic N) is 1. The van der Waals surface area contributed by atoms with Crippen LogP contribution in [0.4, 0.5) is 0 Å². The Morgan fingerprint density at radius 2 is 1.94 bits per heavy atom. The third-order valence-electron chi connectivity index (χ3n) is 3.36. The summed E-state index contributed by atoms with van der Waals surface area (Å²) < 4.78 is 5.89. The third kappa shape index (κ3) is 1.61. The zero-order valence-electron chi connectivity index (χ0n) is 9.19. The third-order valence-corrected chi connectivity index (χ3v) is 3.36. The van der Waals surface area contributed by atoms with E-state index in [0.29, 0.717) is 6.42 Å². The van der Waals surface area contributed by atoms with Crippen LogP contribution in [0.3, 0.4) is 0 Å². The van der Waals surface area contributed by atoms with Crippen molar-refractivity contribution in [2.24, 2.45) is 0 Å². The molecule has 1 unspecified atom stereocenters. The lowest BCUT2D eigenvalue weighted by molar-refractivity contribution is 0.0260. The molecule has 1 saturated heterocycles. The lowest BCUT2D eigenvalue weighted by atomic mass is 10.0. The van der Waals surface area contributed by atoms with Crippen LogP contribution in [0.15, 0.2) is 24.3 Å². The molecule has 0 bridgehead atoms. The summed E-state index contributed by atoms with van der Waals surface area (Å²) in [5.41, 5.74) is 0.734. The molecule has 2 aliphatic heterocycles. The second kappa shape index (κ2) is 3.91. The maximum absolute atomic E-state index is 11.9. The van der Waals surface area contributed by atoms with E-state index in [1.165, 1.54) is 12.8 Å². The average Bonchev–Trinajstić information content (AvgIpc) is 2.82. The Morgan fingerprint density at radius 1 is 1.19 bits per heavy atom. The van der Waals surface area contributed by atoms with Crippen LogP contribution in [0.25, 0.3) is 0 Å². The van der Waals surface area contributed by atoms with Crippen molar-refractivity contribution in [3.8, 4) is 5.75 Å². The van der Waals surface area contributed by atoms with Gasteiger partial charge in [0.1, 0.15) is 5.75 Å². The Hall–Kier alpha value is -1.35. The highest BCUT2D eigenvalue weighted by molar-refractivity contribution is 5.99. The number of carbonyl (C=O) groups excluding carboxylic acids is 1. The number of carbonyl (C=O) groups is 1. The van der Waals surface area contributed by atoms with E-state index in [1.807, 2.05) is 24.3 Å². The maximum Gasteiger partial charge on any atom is 0.171 e. The van der Waals surface area contributed by atoms with Gasteiger partial charge in [0.05, 0.1) is 12.0 Å². The van der Waals surface area contributed by atoms with Gasteiger partial charge in [0.25, 0.3) is 0 Å². The Bertz CT molecular complexity index is 410. The molecule has 0 spiro atoms. The van der Waals surface area contributed by atoms with Crippen molar-refractivity contribution >= 4 is 5.78 Å². The molecule has 0 N–H and O–H groups in total. The number of ether oxygens (including phenoxy) is 1. The fraction of sp³-hybridized carbons (Fsp3) is 0.462. The molecule has 1 fully saturated rings. The number of rotatable bonds is 1. The normalized spacial score (nSPS) is 25.2. The van der Waals surface area contributed by atoms with Crippen LogP contribution >= 0.6 is 0 Å². The van der Waals surface area contributed by atoms with Crippen molar-refractivity contribution < 1.29 is 9.53 Å². The first-order valence-corrected chi connectivity index (χ1v) is 5.87. The topological polar surface area (TPSA) is 29.5 Å². The molecule has 1 aromatic carbocycles. The van der Waals surface area contributed by atoms with Gasteiger partial charge in [-0.1, -0.05) is 12.1 Å². The largest absolute Gasteiger partial charge is 0.474 e. The smallest absolute Gasteiger partial charge is 0.171 e. The fourth-order valence-electron chi connectivity index (χ4n) is 2.49. The first kappa shape index (κ1) is 9.85. The Balaban J connectivity index is 1.85. The molecule has 84 valence electrons. The van der Waals surface area contributed by atoms with Gasteiger partial charge in [-0.15, -0.1) is 0 Å². The molecule has 3 rings (SSSR count). The van der Waals surface area contributed by atoms with Gasteiger partial charge in [-0.2, -0.15) is 0 Å². The molecule has 0 aliphatic carbocycles. The van der Waals surface area contributed by atoms with Gasteiger partial charge in [0.15, 0.2) is 12.0 Å². The lowest BCUT2D eigenvalue weighted by Gasteiger charge is -2.31. The van der Waals surface area contributed by atoms with Crippen molar-refractivity contribution in [1.82, 2.24) is 4.90 Å². The summed E-state index contributed by atoms with van der Waals surface area (Å²) in [5.74, 6) is 0.953. The number of Topliss-reactive ketones (excluding diaryl/α,β-unsaturated/α-hetero) is 1. The summed E-state index contributed by atoms with van der Waals surface area (Å²) in [5, 5.41) is 0. The second-order valence-corrected chi connectivity index (χ2v) is 4.44. The highest BCUT2D eigenvalue weighted by Gasteiger charge is 2.31. The highest BCUT2D eigenvalue weighted by atomic mass is 16.5. The molecular weight excluding hydrogens is 202 g/mol. The van der Waals surface area contributed by atoms with E-state index < -0.39 is 0 Å². The van der Waals surface area contributed by atoms with Gasteiger partial charge < -0.3 is 4.74 Å². The van der Waals surface area contributed by atoms with E-state index in [0.717, 1.165) is 24.4 Å². The van der Waals surface area contributed by atoms with Gasteiger partial charge in [-0.3, -0.25) is 9.69 Å². The number of benzene rings is 1. The summed E-state index contributed by atoms with van der Waals surface area (Å²) >= 11 is 0. The van der Waals surface area contributed by atoms with Gasteiger partial charge in [0.2, 0.25) is 0 Å². The van der Waals surface area contributed by atoms with Crippen molar-refractivity contribution in [2.75, 3.05) is 13.1 Å². The summed E-state index contributed by atoms with van der Waals surface area (Å²) in [6, 6.07) is 7.53. The molecular formula is C13H15NO2. The van der Waals surface area contributed by atoms with Crippen LogP contribution in [0, 0.1) is 0 Å². The molecule has 16 heavy (non-hydrogen) atoms. The molecule has 0 radical (unpaired) electrons. The minimum absolute atomic E-state index is 0.0371. The van der Waals surface area contributed by atoms with Crippen molar-refractivity contribution in [3.63, 3.8) is 0 Å². The molecule has 3 nitrogen and oxygen atoms in total. The van der Waals surface area contributed by atoms with Crippen LogP contribution in [-0.2, 0) is 0 Å². The highest BCUT2D eigenvalue weighted by Crippen LogP contribution is 2.29. The minimum atomic E-state index is -0.0371. The van der Waals surface area contributed by atoms with Crippen molar-refractivity contribution in [1.29, 1.82) is 0 Å². The maximum atomic E-state index is 11.9. The molecule has 0 amide bonds. The summed E-state index contributed by atoms with van der Waals surface area (Å²) in [6.45, 7) is 2.11. The quantitative estimate of drug-likeness (QED) is 0.721. The Labute approximate surface area is 95.0 Å². The minimum Gasteiger partial charge on any atom is -0.474 e. The number of hydrogen-bond donors (Lipinski definition) is 0. The van der Waals surface area contributed by atoms with E-state index in [2.05, 4.69) is 4.90 Å². The van der Waals surface area contributed by atoms with Crippen LogP contribution in [-0.4, -0.2) is 30.0 Å². The second-order valence-electron chi connectivity index (χ2n) is 4.44. The lowest BCUT2D eigenvalue weighted by Crippen LogP contribution is -2.41. The first-order valence-electron chi connectivity index (χ1n) is 5.87. The molecule has 1 atom stereocenters. The van der Waals surface area contributed by atoms with Crippen LogP contribution in [0.1, 0.15) is 29.6 Å². The van der Waals surface area contributed by atoms with Crippen LogP contribution < -0.4 is 4.74 Å². The van der Waals surface area contributed by atoms with E-state index in [-0.39, 0.29) is 12.0 Å². The number of para-hydroxylation sites is 1. The summed E-state index contributed by atoms with van der Waals surface area (Å²) in [6.07, 6.45) is 2.90. The van der Waals surface area contributed by atoms with Crippen molar-refractivity contribution in [3.05, 3.63) is 29.8 Å². The number of fused-ring (bicyclic) bond motifs is 1. The molecule has 2 heterocycles. The SMILES string of the molecule is O=C1CC(N2CCCC2)Oc2ccccc21. The summed E-state index contributed by atoms with van der Waals surface area (Å²) in [4.78, 5) is 14.2. The zero-order valence-corrected chi connectivity index (χ0v) is 9.19. The number of hydrogen-bond acceptors (Lipinski definition) is 3. The van der Waals surface area contributed by atoms with E-state index >= 15 is 0 Å². The van der Waals surface area contributed by atoms with Crippen LogP contribution in [0.5, 0.6) is 5.75 Å². The monoisotopic (exact) mass is 217 g/mol. The standard InChI is InChI=1S/C13H15NO2/c15-11-9-13(14-7-3-4-8-14)16-12-6-2-1-5-10(11)12/h1-2,5-6,13H,3-4,7-9H2. The molecule has 2 aliphatic rings. The van der Waals surface area contributed by atoms with Crippen molar-refractivity contribution in [2.45, 2.75) is 25.5 Å². The predicted octanol–water partition coefficient (Wildman–Crippen LogP) is 2.07. The predicted molar refractivity (Wildman–Crippen MR) is 60.6 cm³/mol. The molecule has 1 aromatic rings. The van der Waals surface area contributed by atoms with E-state index in [9.17, 15) is 4.79 Å². The number of ketones is 1.